The van der Waals surface area contributed by atoms with Crippen LogP contribution < -0.4 is 5.32 Å². The largest absolute Gasteiger partial charge is 0.352 e. The summed E-state index contributed by atoms with van der Waals surface area (Å²) in [5, 5.41) is 12.7. The standard InChI is InChI=1S/C20H17BrF2N2O3/c1-3-12-6-7-16(11(2)8-12)24-19-14(9-15(21)17(22)18(19)23)20(26)25(27)28-10-13-4-5-13/h1,6-9,13,24,27H,4-5,10H2,2H3. The van der Waals surface area contributed by atoms with Crippen LogP contribution in [0.4, 0.5) is 20.2 Å². The molecular weight excluding hydrogens is 434 g/mol. The summed E-state index contributed by atoms with van der Waals surface area (Å²) in [4.78, 5) is 17.6. The zero-order chi connectivity index (χ0) is 20.4. The first-order valence-electron chi connectivity index (χ1n) is 8.49. The van der Waals surface area contributed by atoms with Crippen molar-refractivity contribution in [2.24, 2.45) is 5.92 Å². The van der Waals surface area contributed by atoms with Crippen LogP contribution in [-0.2, 0) is 4.84 Å². The molecule has 28 heavy (non-hydrogen) atoms. The highest BCUT2D eigenvalue weighted by Gasteiger charge is 2.28. The van der Waals surface area contributed by atoms with Crippen molar-refractivity contribution in [3.63, 3.8) is 0 Å². The number of nitrogens with zero attached hydrogens (tertiary/aromatic N) is 1. The van der Waals surface area contributed by atoms with Crippen LogP contribution in [0.1, 0.15) is 34.3 Å². The van der Waals surface area contributed by atoms with E-state index in [1.54, 1.807) is 25.1 Å². The molecular formula is C20H17BrF2N2O3. The molecule has 2 aromatic rings. The van der Waals surface area contributed by atoms with Gasteiger partial charge in [0.05, 0.1) is 22.3 Å². The molecule has 0 heterocycles. The van der Waals surface area contributed by atoms with E-state index in [0.29, 0.717) is 16.8 Å². The number of carbonyl (C=O) groups is 1. The Morgan fingerprint density at radius 3 is 2.71 bits per heavy atom. The molecule has 0 atom stereocenters. The summed E-state index contributed by atoms with van der Waals surface area (Å²) >= 11 is 2.88. The fraction of sp³-hybridized carbons (Fsp3) is 0.250. The van der Waals surface area contributed by atoms with E-state index in [4.69, 9.17) is 11.3 Å². The van der Waals surface area contributed by atoms with Gasteiger partial charge in [-0.15, -0.1) is 6.42 Å². The Morgan fingerprint density at radius 1 is 1.39 bits per heavy atom. The van der Waals surface area contributed by atoms with Gasteiger partial charge in [-0.1, -0.05) is 11.1 Å². The average Bonchev–Trinajstić information content (AvgIpc) is 3.51. The quantitative estimate of drug-likeness (QED) is 0.283. The van der Waals surface area contributed by atoms with Crippen LogP contribution in [-0.4, -0.2) is 22.9 Å². The normalized spacial score (nSPS) is 13.1. The van der Waals surface area contributed by atoms with Crippen molar-refractivity contribution < 1.29 is 23.6 Å². The maximum Gasteiger partial charge on any atom is 0.305 e. The Bertz CT molecular complexity index is 971. The second kappa shape index (κ2) is 8.27. The highest BCUT2D eigenvalue weighted by atomic mass is 79.9. The summed E-state index contributed by atoms with van der Waals surface area (Å²) in [5.74, 6) is -0.696. The lowest BCUT2D eigenvalue weighted by atomic mass is 10.1. The SMILES string of the molecule is C#Cc1ccc(Nc2c(C(=O)N(O)OCC3CC3)cc(Br)c(F)c2F)c(C)c1. The summed E-state index contributed by atoms with van der Waals surface area (Å²) < 4.78 is 28.5. The number of carbonyl (C=O) groups excluding carboxylic acids is 1. The molecule has 0 spiro atoms. The Kier molecular flexibility index (Phi) is 5.98. The molecule has 0 radical (unpaired) electrons. The van der Waals surface area contributed by atoms with Crippen LogP contribution in [0.3, 0.4) is 0 Å². The molecule has 146 valence electrons. The van der Waals surface area contributed by atoms with E-state index in [1.807, 2.05) is 0 Å². The second-order valence-corrected chi connectivity index (χ2v) is 7.38. The molecule has 1 aliphatic carbocycles. The molecule has 1 fully saturated rings. The van der Waals surface area contributed by atoms with Crippen LogP contribution >= 0.6 is 15.9 Å². The van der Waals surface area contributed by atoms with Crippen LogP contribution in [0.2, 0.25) is 0 Å². The summed E-state index contributed by atoms with van der Waals surface area (Å²) in [6, 6.07) is 5.99. The zero-order valence-electron chi connectivity index (χ0n) is 14.9. The molecule has 1 aliphatic rings. The maximum absolute atomic E-state index is 14.6. The Balaban J connectivity index is 1.96. The summed E-state index contributed by atoms with van der Waals surface area (Å²) in [5.41, 5.74) is 0.997. The number of rotatable bonds is 6. The number of terminal acetylenes is 1. The van der Waals surface area contributed by atoms with Crippen molar-refractivity contribution in [2.75, 3.05) is 11.9 Å². The van der Waals surface area contributed by atoms with Crippen LogP contribution in [0.5, 0.6) is 0 Å². The van der Waals surface area contributed by atoms with Gasteiger partial charge in [-0.2, -0.15) is 0 Å². The molecule has 0 bridgehead atoms. The molecule has 1 amide bonds. The van der Waals surface area contributed by atoms with Gasteiger partial charge < -0.3 is 5.32 Å². The topological polar surface area (TPSA) is 61.8 Å². The zero-order valence-corrected chi connectivity index (χ0v) is 16.5. The molecule has 2 N–H and O–H groups in total. The predicted octanol–water partition coefficient (Wildman–Crippen LogP) is 4.93. The number of aryl methyl sites for hydroxylation is 1. The van der Waals surface area contributed by atoms with Crippen molar-refractivity contribution in [1.29, 1.82) is 0 Å². The number of nitrogens with one attached hydrogen (secondary N) is 1. The molecule has 5 nitrogen and oxygen atoms in total. The number of benzene rings is 2. The van der Waals surface area contributed by atoms with Gasteiger partial charge in [0.15, 0.2) is 11.6 Å². The molecule has 3 rings (SSSR count). The maximum atomic E-state index is 14.6. The first kappa shape index (κ1) is 20.3. The fourth-order valence-corrected chi connectivity index (χ4v) is 2.94. The van der Waals surface area contributed by atoms with Gasteiger partial charge in [0.2, 0.25) is 0 Å². The molecule has 8 heteroatoms. The highest BCUT2D eigenvalue weighted by Crippen LogP contribution is 2.33. The molecule has 0 aromatic heterocycles. The predicted molar refractivity (Wildman–Crippen MR) is 103 cm³/mol. The Labute approximate surface area is 169 Å². The molecule has 0 aliphatic heterocycles. The average molecular weight is 451 g/mol. The first-order valence-corrected chi connectivity index (χ1v) is 9.29. The van der Waals surface area contributed by atoms with Crippen molar-refractivity contribution in [3.05, 3.63) is 57.1 Å². The number of hydroxylamine groups is 2. The third-order valence-corrected chi connectivity index (χ3v) is 4.93. The highest BCUT2D eigenvalue weighted by molar-refractivity contribution is 9.10. The van der Waals surface area contributed by atoms with Gasteiger partial charge in [0.1, 0.15) is 0 Å². The lowest BCUT2D eigenvalue weighted by Crippen LogP contribution is -2.29. The van der Waals surface area contributed by atoms with Crippen LogP contribution in [0, 0.1) is 36.8 Å². The number of halogens is 3. The minimum Gasteiger partial charge on any atom is -0.352 e. The van der Waals surface area contributed by atoms with Gasteiger partial charge in [-0.3, -0.25) is 10.0 Å². The second-order valence-electron chi connectivity index (χ2n) is 6.53. The van der Waals surface area contributed by atoms with Gasteiger partial charge in [-0.05, 0) is 71.4 Å². The first-order chi connectivity index (χ1) is 13.3. The third kappa shape index (κ3) is 4.33. The molecule has 2 aromatic carbocycles. The van der Waals surface area contributed by atoms with Crippen LogP contribution in [0.15, 0.2) is 28.7 Å². The van der Waals surface area contributed by atoms with Gasteiger partial charge >= 0.3 is 5.91 Å². The van der Waals surface area contributed by atoms with E-state index in [2.05, 4.69) is 27.2 Å². The monoisotopic (exact) mass is 450 g/mol. The van der Waals surface area contributed by atoms with Crippen molar-refractivity contribution >= 4 is 33.2 Å². The third-order valence-electron chi connectivity index (χ3n) is 4.35. The van der Waals surface area contributed by atoms with Crippen LogP contribution in [0.25, 0.3) is 0 Å². The van der Waals surface area contributed by atoms with Gasteiger partial charge in [0.25, 0.3) is 0 Å². The number of hydrogen-bond acceptors (Lipinski definition) is 4. The van der Waals surface area contributed by atoms with E-state index in [0.717, 1.165) is 18.9 Å². The smallest absolute Gasteiger partial charge is 0.305 e. The number of amides is 1. The molecule has 1 saturated carbocycles. The lowest BCUT2D eigenvalue weighted by molar-refractivity contribution is -0.298. The van der Waals surface area contributed by atoms with Gasteiger partial charge in [0, 0.05) is 11.3 Å². The molecule has 0 unspecified atom stereocenters. The number of hydrogen-bond donors (Lipinski definition) is 2. The van der Waals surface area contributed by atoms with E-state index in [9.17, 15) is 18.8 Å². The Hall–Kier alpha value is -2.47. The summed E-state index contributed by atoms with van der Waals surface area (Å²) in [6.45, 7) is 1.90. The summed E-state index contributed by atoms with van der Waals surface area (Å²) in [7, 11) is 0. The van der Waals surface area contributed by atoms with E-state index in [-0.39, 0.29) is 27.8 Å². The molecule has 0 saturated heterocycles. The minimum atomic E-state index is -1.27. The lowest BCUT2D eigenvalue weighted by Gasteiger charge is -2.19. The van der Waals surface area contributed by atoms with Gasteiger partial charge in [-0.25, -0.2) is 13.6 Å². The Morgan fingerprint density at radius 2 is 2.11 bits per heavy atom. The summed E-state index contributed by atoms with van der Waals surface area (Å²) in [6.07, 6.45) is 7.27. The number of anilines is 2. The fourth-order valence-electron chi connectivity index (χ4n) is 2.54. The van der Waals surface area contributed by atoms with Crippen molar-refractivity contribution in [2.45, 2.75) is 19.8 Å². The van der Waals surface area contributed by atoms with E-state index < -0.39 is 23.2 Å². The van der Waals surface area contributed by atoms with Crippen molar-refractivity contribution in [3.8, 4) is 12.3 Å². The van der Waals surface area contributed by atoms with Crippen molar-refractivity contribution in [1.82, 2.24) is 5.23 Å². The minimum absolute atomic E-state index is 0.0525. The van der Waals surface area contributed by atoms with E-state index >= 15 is 0 Å². The van der Waals surface area contributed by atoms with E-state index in [1.165, 1.54) is 0 Å².